The van der Waals surface area contributed by atoms with Crippen molar-refractivity contribution >= 4 is 22.9 Å². The van der Waals surface area contributed by atoms with Crippen molar-refractivity contribution in [2.24, 2.45) is 0 Å². The van der Waals surface area contributed by atoms with Gasteiger partial charge < -0.3 is 11.1 Å². The van der Waals surface area contributed by atoms with Gasteiger partial charge in [0, 0.05) is 24.9 Å². The predicted molar refractivity (Wildman–Crippen MR) is 113 cm³/mol. The molecule has 2 aromatic carbocycles. The Morgan fingerprint density at radius 1 is 1.07 bits per heavy atom. The molecule has 0 unspecified atom stereocenters. The number of nitrogens with one attached hydrogen (secondary N) is 1. The number of imidazole rings is 1. The normalized spacial score (nSPS) is 11.6. The number of nitrogen functional groups attached to an aromatic ring is 1. The fourth-order valence-electron chi connectivity index (χ4n) is 3.32. The van der Waals surface area contributed by atoms with E-state index in [-0.39, 0.29) is 23.0 Å². The Bertz CT molecular complexity index is 1280. The summed E-state index contributed by atoms with van der Waals surface area (Å²) in [6.45, 7) is 0. The molecule has 0 aliphatic carbocycles. The van der Waals surface area contributed by atoms with E-state index in [9.17, 15) is 13.6 Å². The van der Waals surface area contributed by atoms with Gasteiger partial charge in [0.05, 0.1) is 5.69 Å². The van der Waals surface area contributed by atoms with Gasteiger partial charge in [-0.15, -0.1) is 0 Å². The molecule has 0 aliphatic rings. The SMILES string of the molecule is CNC(=O)/C=C(\c1ccccc1)c1ccc2nc(N)c(-c3cc(F)ccc3F)n2c1. The highest BCUT2D eigenvalue weighted by molar-refractivity contribution is 5.99. The van der Waals surface area contributed by atoms with Gasteiger partial charge >= 0.3 is 0 Å². The monoisotopic (exact) mass is 404 g/mol. The summed E-state index contributed by atoms with van der Waals surface area (Å²) >= 11 is 0. The topological polar surface area (TPSA) is 72.4 Å². The minimum Gasteiger partial charge on any atom is -0.382 e. The molecule has 3 N–H and O–H groups in total. The van der Waals surface area contributed by atoms with Gasteiger partial charge in [0.2, 0.25) is 5.91 Å². The van der Waals surface area contributed by atoms with Crippen molar-refractivity contribution in [3.63, 3.8) is 0 Å². The fourth-order valence-corrected chi connectivity index (χ4v) is 3.32. The molecule has 0 saturated carbocycles. The number of rotatable bonds is 4. The quantitative estimate of drug-likeness (QED) is 0.504. The van der Waals surface area contributed by atoms with Gasteiger partial charge in [-0.1, -0.05) is 30.3 Å². The summed E-state index contributed by atoms with van der Waals surface area (Å²) in [6, 6.07) is 16.1. The number of benzene rings is 2. The second-order valence-corrected chi connectivity index (χ2v) is 6.65. The summed E-state index contributed by atoms with van der Waals surface area (Å²) in [5, 5.41) is 2.58. The molecular formula is C23H18F2N4O. The number of nitrogens with zero attached hydrogens (tertiary/aromatic N) is 2. The van der Waals surface area contributed by atoms with Gasteiger partial charge in [-0.25, -0.2) is 13.8 Å². The highest BCUT2D eigenvalue weighted by atomic mass is 19.1. The van der Waals surface area contributed by atoms with Gasteiger partial charge in [0.1, 0.15) is 17.3 Å². The average molecular weight is 404 g/mol. The zero-order valence-electron chi connectivity index (χ0n) is 16.1. The number of carbonyl (C=O) groups excluding carboxylic acids is 1. The molecule has 0 fully saturated rings. The first-order valence-corrected chi connectivity index (χ1v) is 9.20. The molecule has 2 heterocycles. The van der Waals surface area contributed by atoms with Crippen LogP contribution in [-0.2, 0) is 4.79 Å². The largest absolute Gasteiger partial charge is 0.382 e. The van der Waals surface area contributed by atoms with Gasteiger partial charge in [-0.3, -0.25) is 9.20 Å². The number of fused-ring (bicyclic) bond motifs is 1. The minimum atomic E-state index is -0.612. The molecule has 0 aliphatic heterocycles. The van der Waals surface area contributed by atoms with Crippen LogP contribution in [0.1, 0.15) is 11.1 Å². The number of anilines is 1. The number of pyridine rings is 1. The predicted octanol–water partition coefficient (Wildman–Crippen LogP) is 4.04. The highest BCUT2D eigenvalue weighted by Crippen LogP contribution is 2.32. The molecule has 30 heavy (non-hydrogen) atoms. The molecule has 0 atom stereocenters. The number of carbonyl (C=O) groups is 1. The van der Waals surface area contributed by atoms with Crippen molar-refractivity contribution in [3.8, 4) is 11.3 Å². The maximum atomic E-state index is 14.5. The molecule has 0 saturated heterocycles. The van der Waals surface area contributed by atoms with Crippen LogP contribution in [0.4, 0.5) is 14.6 Å². The van der Waals surface area contributed by atoms with Crippen molar-refractivity contribution in [1.82, 2.24) is 14.7 Å². The standard InChI is InChI=1S/C23H18F2N4O/c1-27-21(30)12-17(14-5-3-2-4-6-14)15-7-10-20-28-23(26)22(29(20)13-15)18-11-16(24)8-9-19(18)25/h2-13H,26H2,1H3,(H,27,30)/b17-12+. The van der Waals surface area contributed by atoms with Crippen molar-refractivity contribution in [2.75, 3.05) is 12.8 Å². The molecule has 150 valence electrons. The summed E-state index contributed by atoms with van der Waals surface area (Å²) in [4.78, 5) is 16.4. The molecule has 4 rings (SSSR count). The molecule has 0 radical (unpaired) electrons. The Hall–Kier alpha value is -4.00. The lowest BCUT2D eigenvalue weighted by Crippen LogP contribution is -2.15. The van der Waals surface area contributed by atoms with Crippen molar-refractivity contribution in [2.45, 2.75) is 0 Å². The maximum absolute atomic E-state index is 14.5. The Kier molecular flexibility index (Phi) is 5.02. The molecule has 2 aromatic heterocycles. The summed E-state index contributed by atoms with van der Waals surface area (Å²) in [7, 11) is 1.55. The average Bonchev–Trinajstić information content (AvgIpc) is 3.09. The van der Waals surface area contributed by atoms with Crippen LogP contribution in [0.25, 0.3) is 22.5 Å². The van der Waals surface area contributed by atoms with E-state index in [0.29, 0.717) is 16.8 Å². The third-order valence-corrected chi connectivity index (χ3v) is 4.75. The fraction of sp³-hybridized carbons (Fsp3) is 0.0435. The molecule has 5 nitrogen and oxygen atoms in total. The van der Waals surface area contributed by atoms with Crippen molar-refractivity contribution < 1.29 is 13.6 Å². The van der Waals surface area contributed by atoms with Crippen LogP contribution >= 0.6 is 0 Å². The molecule has 0 spiro atoms. The number of hydrogen-bond acceptors (Lipinski definition) is 3. The zero-order chi connectivity index (χ0) is 21.3. The first kappa shape index (κ1) is 19.3. The Morgan fingerprint density at radius 2 is 1.83 bits per heavy atom. The Labute approximate surface area is 171 Å². The molecular weight excluding hydrogens is 386 g/mol. The second-order valence-electron chi connectivity index (χ2n) is 6.65. The third-order valence-electron chi connectivity index (χ3n) is 4.75. The summed E-state index contributed by atoms with van der Waals surface area (Å²) in [5.74, 6) is -1.38. The summed E-state index contributed by atoms with van der Waals surface area (Å²) < 4.78 is 29.8. The van der Waals surface area contributed by atoms with Crippen LogP contribution in [0, 0.1) is 11.6 Å². The van der Waals surface area contributed by atoms with Crippen molar-refractivity contribution in [3.05, 3.63) is 95.7 Å². The molecule has 4 aromatic rings. The first-order valence-electron chi connectivity index (χ1n) is 9.20. The van der Waals surface area contributed by atoms with E-state index in [1.165, 1.54) is 6.08 Å². The number of halogens is 2. The highest BCUT2D eigenvalue weighted by Gasteiger charge is 2.18. The van der Waals surface area contributed by atoms with E-state index >= 15 is 0 Å². The van der Waals surface area contributed by atoms with E-state index in [2.05, 4.69) is 10.3 Å². The van der Waals surface area contributed by atoms with Crippen LogP contribution in [0.2, 0.25) is 0 Å². The van der Waals surface area contributed by atoms with Crippen LogP contribution in [0.15, 0.2) is 72.9 Å². The van der Waals surface area contributed by atoms with Gasteiger partial charge in [0.15, 0.2) is 5.82 Å². The van der Waals surface area contributed by atoms with E-state index in [1.54, 1.807) is 29.8 Å². The smallest absolute Gasteiger partial charge is 0.244 e. The molecule has 0 bridgehead atoms. The number of aromatic nitrogens is 2. The first-order chi connectivity index (χ1) is 14.5. The molecule has 1 amide bonds. The number of hydrogen-bond donors (Lipinski definition) is 2. The summed E-state index contributed by atoms with van der Waals surface area (Å²) in [5.41, 5.74) is 8.95. The zero-order valence-corrected chi connectivity index (χ0v) is 16.1. The number of likely N-dealkylation sites (N-methyl/N-ethyl adjacent to an activating group) is 1. The van der Waals surface area contributed by atoms with E-state index in [0.717, 1.165) is 23.8 Å². The lowest BCUT2D eigenvalue weighted by atomic mass is 9.98. The van der Waals surface area contributed by atoms with Gasteiger partial charge in [-0.05, 0) is 47.0 Å². The third kappa shape index (κ3) is 3.53. The Morgan fingerprint density at radius 3 is 2.57 bits per heavy atom. The molecule has 7 heteroatoms. The number of amides is 1. The number of nitrogens with two attached hydrogens (primary N) is 1. The Balaban J connectivity index is 1.95. The lowest BCUT2D eigenvalue weighted by Gasteiger charge is -2.11. The summed E-state index contributed by atoms with van der Waals surface area (Å²) in [6.07, 6.45) is 3.19. The second kappa shape index (κ2) is 7.79. The van der Waals surface area contributed by atoms with Crippen LogP contribution in [0.5, 0.6) is 0 Å². The van der Waals surface area contributed by atoms with E-state index in [1.807, 2.05) is 30.3 Å². The van der Waals surface area contributed by atoms with E-state index in [4.69, 9.17) is 5.73 Å². The van der Waals surface area contributed by atoms with Crippen LogP contribution in [0.3, 0.4) is 0 Å². The van der Waals surface area contributed by atoms with Gasteiger partial charge in [-0.2, -0.15) is 0 Å². The maximum Gasteiger partial charge on any atom is 0.244 e. The van der Waals surface area contributed by atoms with E-state index < -0.39 is 11.6 Å². The van der Waals surface area contributed by atoms with Crippen LogP contribution in [-0.4, -0.2) is 22.3 Å². The van der Waals surface area contributed by atoms with Gasteiger partial charge in [0.25, 0.3) is 0 Å². The van der Waals surface area contributed by atoms with Crippen LogP contribution < -0.4 is 11.1 Å². The minimum absolute atomic E-state index is 0.00805. The van der Waals surface area contributed by atoms with Crippen molar-refractivity contribution in [1.29, 1.82) is 0 Å². The lowest BCUT2D eigenvalue weighted by molar-refractivity contribution is -0.116.